The zero-order valence-electron chi connectivity index (χ0n) is 36.4. The maximum Gasteiger partial charge on any atom is 0.136 e. The van der Waals surface area contributed by atoms with Gasteiger partial charge in [-0.25, -0.2) is 0 Å². The van der Waals surface area contributed by atoms with Crippen LogP contribution >= 0.6 is 0 Å². The van der Waals surface area contributed by atoms with E-state index in [9.17, 15) is 0 Å². The molecule has 11 aromatic rings. The van der Waals surface area contributed by atoms with Gasteiger partial charge in [-0.2, -0.15) is 0 Å². The molecule has 0 bridgehead atoms. The molecule has 0 saturated heterocycles. The third-order valence-electron chi connectivity index (χ3n) is 13.5. The average molecular weight is 832 g/mol. The number of furan rings is 1. The summed E-state index contributed by atoms with van der Waals surface area (Å²) in [5.74, 6) is 0. The van der Waals surface area contributed by atoms with Crippen molar-refractivity contribution in [2.75, 3.05) is 4.90 Å². The molecule has 0 radical (unpaired) electrons. The molecule has 0 saturated carbocycles. The number of rotatable bonds is 8. The molecule has 1 aromatic heterocycles. The predicted octanol–water partition coefficient (Wildman–Crippen LogP) is 17.7. The van der Waals surface area contributed by atoms with Gasteiger partial charge in [0.1, 0.15) is 11.2 Å². The van der Waals surface area contributed by atoms with Crippen LogP contribution in [0.2, 0.25) is 0 Å². The van der Waals surface area contributed by atoms with Crippen LogP contribution in [0, 0.1) is 0 Å². The van der Waals surface area contributed by atoms with Crippen LogP contribution in [-0.2, 0) is 5.41 Å². The number of para-hydroxylation sites is 1. The predicted molar refractivity (Wildman–Crippen MR) is 273 cm³/mol. The first-order valence-corrected chi connectivity index (χ1v) is 22.5. The van der Waals surface area contributed by atoms with Crippen LogP contribution in [0.1, 0.15) is 25.0 Å². The zero-order chi connectivity index (χ0) is 43.5. The van der Waals surface area contributed by atoms with Gasteiger partial charge < -0.3 is 9.32 Å². The summed E-state index contributed by atoms with van der Waals surface area (Å²) in [6, 6.07) is 85.8. The van der Waals surface area contributed by atoms with Crippen LogP contribution in [0.15, 0.2) is 241 Å². The maximum atomic E-state index is 6.33. The molecule has 1 heterocycles. The highest BCUT2D eigenvalue weighted by atomic mass is 16.3. The van der Waals surface area contributed by atoms with Crippen molar-refractivity contribution < 1.29 is 4.42 Å². The van der Waals surface area contributed by atoms with Crippen LogP contribution < -0.4 is 4.90 Å². The Kier molecular flexibility index (Phi) is 9.21. The second-order valence-corrected chi connectivity index (χ2v) is 17.7. The van der Waals surface area contributed by atoms with Crippen molar-refractivity contribution in [1.82, 2.24) is 0 Å². The lowest BCUT2D eigenvalue weighted by Gasteiger charge is -2.27. The molecule has 2 heteroatoms. The molecule has 2 nitrogen and oxygen atoms in total. The lowest BCUT2D eigenvalue weighted by Crippen LogP contribution is -2.15. The Balaban J connectivity index is 0.998. The van der Waals surface area contributed by atoms with Gasteiger partial charge in [-0.3, -0.25) is 0 Å². The number of hydrogen-bond donors (Lipinski definition) is 0. The van der Waals surface area contributed by atoms with Crippen molar-refractivity contribution in [3.05, 3.63) is 248 Å². The highest BCUT2D eigenvalue weighted by Gasteiger charge is 2.38. The highest BCUT2D eigenvalue weighted by molar-refractivity contribution is 6.12. The first-order chi connectivity index (χ1) is 32.0. The topological polar surface area (TPSA) is 16.4 Å². The van der Waals surface area contributed by atoms with Crippen LogP contribution in [0.5, 0.6) is 0 Å². The van der Waals surface area contributed by atoms with Gasteiger partial charge in [-0.15, -0.1) is 0 Å². The number of nitrogens with zero attached hydrogens (tertiary/aromatic N) is 1. The van der Waals surface area contributed by atoms with E-state index in [2.05, 4.69) is 243 Å². The number of anilines is 3. The summed E-state index contributed by atoms with van der Waals surface area (Å²) < 4.78 is 6.33. The monoisotopic (exact) mass is 831 g/mol. The van der Waals surface area contributed by atoms with E-state index >= 15 is 0 Å². The van der Waals surface area contributed by atoms with E-state index in [0.29, 0.717) is 0 Å². The molecular weight excluding hydrogens is 787 g/mol. The lowest BCUT2D eigenvalue weighted by molar-refractivity contribution is 0.661. The molecule has 1 aliphatic rings. The fourth-order valence-corrected chi connectivity index (χ4v) is 10.2. The van der Waals surface area contributed by atoms with Gasteiger partial charge in [0.25, 0.3) is 0 Å². The standard InChI is InChI=1S/C63H45NO/c1-63(2)57-36-33-47(39-56(57)61-55(45-21-10-5-11-22-45)40-49(41-58(61)63)43-19-8-4-9-20-43)46-23-14-25-51(37-46)64(50-34-31-44(32-35-50)42-17-6-3-7-18-42)52-26-15-24-48(38-52)53-28-16-30-60-62(53)54-27-12-13-29-59(54)65-60/h3-41H,1-2H3. The third kappa shape index (κ3) is 6.65. The van der Waals surface area contributed by atoms with Crippen molar-refractivity contribution >= 4 is 39.0 Å². The molecule has 12 rings (SSSR count). The maximum absolute atomic E-state index is 6.33. The Morgan fingerprint density at radius 1 is 0.323 bits per heavy atom. The smallest absolute Gasteiger partial charge is 0.136 e. The third-order valence-corrected chi connectivity index (χ3v) is 13.5. The molecule has 0 fully saturated rings. The molecule has 0 spiro atoms. The summed E-state index contributed by atoms with van der Waals surface area (Å²) >= 11 is 0. The van der Waals surface area contributed by atoms with E-state index in [-0.39, 0.29) is 5.41 Å². The number of benzene rings is 10. The van der Waals surface area contributed by atoms with Crippen LogP contribution in [0.25, 0.3) is 88.7 Å². The zero-order valence-corrected chi connectivity index (χ0v) is 36.4. The molecular formula is C63H45NO. The quantitative estimate of drug-likeness (QED) is 0.152. The molecule has 0 unspecified atom stereocenters. The molecule has 0 amide bonds. The van der Waals surface area contributed by atoms with Crippen molar-refractivity contribution in [2.45, 2.75) is 19.3 Å². The highest BCUT2D eigenvalue weighted by Crippen LogP contribution is 2.54. The van der Waals surface area contributed by atoms with Gasteiger partial charge >= 0.3 is 0 Å². The number of fused-ring (bicyclic) bond motifs is 6. The Labute approximate surface area is 380 Å². The minimum absolute atomic E-state index is 0.180. The molecule has 1 aliphatic carbocycles. The molecule has 65 heavy (non-hydrogen) atoms. The van der Waals surface area contributed by atoms with E-state index in [1.54, 1.807) is 0 Å². The van der Waals surface area contributed by atoms with E-state index in [0.717, 1.165) is 55.7 Å². The Morgan fingerprint density at radius 3 is 1.57 bits per heavy atom. The summed E-state index contributed by atoms with van der Waals surface area (Å²) in [5, 5.41) is 2.26. The summed E-state index contributed by atoms with van der Waals surface area (Å²) in [7, 11) is 0. The van der Waals surface area contributed by atoms with Crippen LogP contribution in [0.3, 0.4) is 0 Å². The van der Waals surface area contributed by atoms with Gasteiger partial charge in [0, 0.05) is 33.2 Å². The normalized spacial score (nSPS) is 12.6. The first-order valence-electron chi connectivity index (χ1n) is 22.5. The Bertz CT molecular complexity index is 3550. The minimum atomic E-state index is -0.180. The minimum Gasteiger partial charge on any atom is -0.456 e. The van der Waals surface area contributed by atoms with E-state index in [1.807, 2.05) is 12.1 Å². The summed E-state index contributed by atoms with van der Waals surface area (Å²) in [4.78, 5) is 2.39. The number of hydrogen-bond acceptors (Lipinski definition) is 2. The fraction of sp³-hybridized carbons (Fsp3) is 0.0476. The summed E-state index contributed by atoms with van der Waals surface area (Å²) in [6.07, 6.45) is 0. The molecule has 0 N–H and O–H groups in total. The summed E-state index contributed by atoms with van der Waals surface area (Å²) in [5.41, 5.74) is 22.2. The van der Waals surface area contributed by atoms with E-state index in [1.165, 1.54) is 61.2 Å². The first kappa shape index (κ1) is 38.5. The van der Waals surface area contributed by atoms with E-state index in [4.69, 9.17) is 4.42 Å². The largest absolute Gasteiger partial charge is 0.456 e. The van der Waals surface area contributed by atoms with Gasteiger partial charge in [0.15, 0.2) is 0 Å². The molecule has 0 atom stereocenters. The molecule has 0 aliphatic heterocycles. The van der Waals surface area contributed by atoms with E-state index < -0.39 is 0 Å². The van der Waals surface area contributed by atoms with Crippen molar-refractivity contribution in [2.24, 2.45) is 0 Å². The van der Waals surface area contributed by atoms with Crippen molar-refractivity contribution in [1.29, 1.82) is 0 Å². The molecule has 10 aromatic carbocycles. The van der Waals surface area contributed by atoms with Gasteiger partial charge in [-0.1, -0.05) is 184 Å². The summed E-state index contributed by atoms with van der Waals surface area (Å²) in [6.45, 7) is 4.76. The van der Waals surface area contributed by atoms with Gasteiger partial charge in [0.2, 0.25) is 0 Å². The van der Waals surface area contributed by atoms with Crippen LogP contribution in [0.4, 0.5) is 17.1 Å². The van der Waals surface area contributed by atoms with Crippen LogP contribution in [-0.4, -0.2) is 0 Å². The Morgan fingerprint density at radius 2 is 0.846 bits per heavy atom. The Hall–Kier alpha value is -8.20. The molecule has 308 valence electrons. The van der Waals surface area contributed by atoms with Gasteiger partial charge in [-0.05, 0) is 145 Å². The van der Waals surface area contributed by atoms with Crippen molar-refractivity contribution in [3.63, 3.8) is 0 Å². The SMILES string of the molecule is CC1(C)c2ccc(-c3cccc(N(c4ccc(-c5ccccc5)cc4)c4cccc(-c5cccc6oc7ccccc7c56)c4)c3)cc2-c2c(-c3ccccc3)cc(-c3ccccc3)cc21. The second kappa shape index (κ2) is 15.6. The fourth-order valence-electron chi connectivity index (χ4n) is 10.2. The second-order valence-electron chi connectivity index (χ2n) is 17.7. The van der Waals surface area contributed by atoms with Crippen molar-refractivity contribution in [3.8, 4) is 66.8 Å². The average Bonchev–Trinajstić information content (AvgIpc) is 3.86. The lowest BCUT2D eigenvalue weighted by atomic mass is 9.80. The van der Waals surface area contributed by atoms with Gasteiger partial charge in [0.05, 0.1) is 0 Å².